The third-order valence-electron chi connectivity index (χ3n) is 4.62. The minimum absolute atomic E-state index is 0.205. The second-order valence-electron chi connectivity index (χ2n) is 6.78. The molecule has 0 radical (unpaired) electrons. The molecule has 0 bridgehead atoms. The first-order valence-corrected chi connectivity index (χ1v) is 9.90. The standard InChI is InChI=1S/C21H25ClN2O2S/c1-15-5-10-20(25-2)19(12-15)23-21(27)24(14-18-4-3-11-26-18)13-16-6-8-17(22)9-7-16/h5-10,12,18H,3-4,11,13-14H2,1-2H3,(H,23,27). The number of ether oxygens (including phenoxy) is 2. The molecule has 0 aromatic heterocycles. The van der Waals surface area contributed by atoms with Gasteiger partial charge in [-0.1, -0.05) is 29.8 Å². The van der Waals surface area contributed by atoms with Gasteiger partial charge in [0, 0.05) is 24.7 Å². The van der Waals surface area contributed by atoms with Gasteiger partial charge in [0.05, 0.1) is 18.9 Å². The Balaban J connectivity index is 1.77. The monoisotopic (exact) mass is 404 g/mol. The number of benzene rings is 2. The van der Waals surface area contributed by atoms with E-state index in [9.17, 15) is 0 Å². The molecule has 144 valence electrons. The van der Waals surface area contributed by atoms with Crippen LogP contribution in [0.4, 0.5) is 5.69 Å². The third kappa shape index (κ3) is 5.58. The van der Waals surface area contributed by atoms with E-state index < -0.39 is 0 Å². The molecule has 1 atom stereocenters. The van der Waals surface area contributed by atoms with Gasteiger partial charge in [-0.3, -0.25) is 0 Å². The van der Waals surface area contributed by atoms with E-state index in [1.807, 2.05) is 49.4 Å². The number of anilines is 1. The summed E-state index contributed by atoms with van der Waals surface area (Å²) in [5, 5.41) is 4.75. The van der Waals surface area contributed by atoms with Gasteiger partial charge in [0.1, 0.15) is 5.75 Å². The van der Waals surface area contributed by atoms with Gasteiger partial charge < -0.3 is 19.7 Å². The second kappa shape index (κ2) is 9.40. The van der Waals surface area contributed by atoms with Crippen LogP contribution < -0.4 is 10.1 Å². The number of nitrogens with one attached hydrogen (secondary N) is 1. The van der Waals surface area contributed by atoms with Crippen molar-refractivity contribution in [2.24, 2.45) is 0 Å². The summed E-state index contributed by atoms with van der Waals surface area (Å²) in [6.07, 6.45) is 2.37. The molecule has 0 spiro atoms. The number of hydrogen-bond donors (Lipinski definition) is 1. The summed E-state index contributed by atoms with van der Waals surface area (Å²) in [7, 11) is 1.66. The van der Waals surface area contributed by atoms with Crippen molar-refractivity contribution in [3.05, 3.63) is 58.6 Å². The predicted octanol–water partition coefficient (Wildman–Crippen LogP) is 5.04. The first-order chi connectivity index (χ1) is 13.0. The van der Waals surface area contributed by atoms with Crippen LogP contribution in [0.3, 0.4) is 0 Å². The summed E-state index contributed by atoms with van der Waals surface area (Å²) in [6, 6.07) is 13.9. The molecule has 2 aromatic rings. The van der Waals surface area contributed by atoms with Crippen LogP contribution >= 0.6 is 23.8 Å². The second-order valence-corrected chi connectivity index (χ2v) is 7.60. The lowest BCUT2D eigenvalue weighted by Gasteiger charge is -2.29. The number of thiocarbonyl (C=S) groups is 1. The molecule has 1 heterocycles. The highest BCUT2D eigenvalue weighted by Gasteiger charge is 2.21. The molecular weight excluding hydrogens is 380 g/mol. The number of hydrogen-bond acceptors (Lipinski definition) is 3. The average molecular weight is 405 g/mol. The molecule has 2 aromatic carbocycles. The van der Waals surface area contributed by atoms with Crippen molar-refractivity contribution in [2.75, 3.05) is 25.6 Å². The van der Waals surface area contributed by atoms with Crippen molar-refractivity contribution in [1.29, 1.82) is 0 Å². The van der Waals surface area contributed by atoms with Gasteiger partial charge in [-0.25, -0.2) is 0 Å². The minimum atomic E-state index is 0.205. The van der Waals surface area contributed by atoms with E-state index in [1.165, 1.54) is 0 Å². The largest absolute Gasteiger partial charge is 0.495 e. The molecule has 1 aliphatic heterocycles. The van der Waals surface area contributed by atoms with E-state index in [0.717, 1.165) is 53.6 Å². The molecule has 0 amide bonds. The summed E-state index contributed by atoms with van der Waals surface area (Å²) >= 11 is 11.8. The Labute approximate surface area is 171 Å². The summed E-state index contributed by atoms with van der Waals surface area (Å²) in [5.74, 6) is 0.770. The molecule has 1 saturated heterocycles. The molecule has 6 heteroatoms. The molecule has 27 heavy (non-hydrogen) atoms. The third-order valence-corrected chi connectivity index (χ3v) is 5.23. The van der Waals surface area contributed by atoms with Crippen LogP contribution in [0.1, 0.15) is 24.0 Å². The topological polar surface area (TPSA) is 33.7 Å². The highest BCUT2D eigenvalue weighted by molar-refractivity contribution is 7.80. The van der Waals surface area contributed by atoms with Crippen molar-refractivity contribution in [3.63, 3.8) is 0 Å². The van der Waals surface area contributed by atoms with E-state index in [0.29, 0.717) is 11.7 Å². The van der Waals surface area contributed by atoms with Crippen molar-refractivity contribution in [3.8, 4) is 5.75 Å². The molecule has 1 aliphatic rings. The van der Waals surface area contributed by atoms with E-state index in [-0.39, 0.29) is 6.10 Å². The highest BCUT2D eigenvalue weighted by Crippen LogP contribution is 2.26. The van der Waals surface area contributed by atoms with Gasteiger partial charge in [-0.2, -0.15) is 0 Å². The minimum Gasteiger partial charge on any atom is -0.495 e. The first kappa shape index (κ1) is 19.9. The molecular formula is C21H25ClN2O2S. The van der Waals surface area contributed by atoms with Gasteiger partial charge in [0.25, 0.3) is 0 Å². The predicted molar refractivity (Wildman–Crippen MR) is 115 cm³/mol. The normalized spacial score (nSPS) is 16.2. The van der Waals surface area contributed by atoms with E-state index in [4.69, 9.17) is 33.3 Å². The van der Waals surface area contributed by atoms with Crippen molar-refractivity contribution < 1.29 is 9.47 Å². The average Bonchev–Trinajstić information content (AvgIpc) is 3.16. The Morgan fingerprint density at radius 2 is 2.07 bits per heavy atom. The zero-order valence-electron chi connectivity index (χ0n) is 15.7. The van der Waals surface area contributed by atoms with Crippen LogP contribution in [0.15, 0.2) is 42.5 Å². The highest BCUT2D eigenvalue weighted by atomic mass is 35.5. The number of halogens is 1. The Morgan fingerprint density at radius 1 is 1.30 bits per heavy atom. The Morgan fingerprint density at radius 3 is 2.74 bits per heavy atom. The van der Waals surface area contributed by atoms with Gasteiger partial charge >= 0.3 is 0 Å². The van der Waals surface area contributed by atoms with Gasteiger partial charge in [-0.05, 0) is 67.4 Å². The lowest BCUT2D eigenvalue weighted by Crippen LogP contribution is -2.39. The zero-order valence-corrected chi connectivity index (χ0v) is 17.3. The van der Waals surface area contributed by atoms with Crippen molar-refractivity contribution >= 4 is 34.6 Å². The fourth-order valence-corrected chi connectivity index (χ4v) is 3.55. The van der Waals surface area contributed by atoms with E-state index in [2.05, 4.69) is 10.2 Å². The lowest BCUT2D eigenvalue weighted by molar-refractivity contribution is 0.0905. The van der Waals surface area contributed by atoms with Crippen molar-refractivity contribution in [2.45, 2.75) is 32.4 Å². The fraction of sp³-hybridized carbons (Fsp3) is 0.381. The van der Waals surface area contributed by atoms with Gasteiger partial charge in [0.2, 0.25) is 0 Å². The van der Waals surface area contributed by atoms with Crippen molar-refractivity contribution in [1.82, 2.24) is 4.90 Å². The smallest absolute Gasteiger partial charge is 0.173 e. The molecule has 3 rings (SSSR count). The summed E-state index contributed by atoms with van der Waals surface area (Å²) in [4.78, 5) is 2.15. The molecule has 4 nitrogen and oxygen atoms in total. The van der Waals surface area contributed by atoms with Crippen LogP contribution in [-0.4, -0.2) is 36.4 Å². The number of rotatable bonds is 6. The van der Waals surface area contributed by atoms with E-state index >= 15 is 0 Å². The summed E-state index contributed by atoms with van der Waals surface area (Å²) in [6.45, 7) is 4.32. The zero-order chi connectivity index (χ0) is 19.2. The number of methoxy groups -OCH3 is 1. The first-order valence-electron chi connectivity index (χ1n) is 9.12. The molecule has 0 saturated carbocycles. The molecule has 0 aliphatic carbocycles. The van der Waals surface area contributed by atoms with Gasteiger partial charge in [-0.15, -0.1) is 0 Å². The quantitative estimate of drug-likeness (QED) is 0.682. The molecule has 1 N–H and O–H groups in total. The SMILES string of the molecule is COc1ccc(C)cc1NC(=S)N(Cc1ccc(Cl)cc1)CC1CCCO1. The molecule has 1 fully saturated rings. The number of nitrogens with zero attached hydrogens (tertiary/aromatic N) is 1. The maximum atomic E-state index is 6.02. The van der Waals surface area contributed by atoms with E-state index in [1.54, 1.807) is 7.11 Å². The van der Waals surface area contributed by atoms with Gasteiger partial charge in [0.15, 0.2) is 5.11 Å². The van der Waals surface area contributed by atoms with Crippen LogP contribution in [0, 0.1) is 6.92 Å². The Kier molecular flexibility index (Phi) is 6.94. The van der Waals surface area contributed by atoms with Crippen LogP contribution in [-0.2, 0) is 11.3 Å². The maximum Gasteiger partial charge on any atom is 0.173 e. The Hall–Kier alpha value is -1.82. The lowest BCUT2D eigenvalue weighted by atomic mass is 10.2. The maximum absolute atomic E-state index is 6.02. The molecule has 1 unspecified atom stereocenters. The summed E-state index contributed by atoms with van der Waals surface area (Å²) < 4.78 is 11.3. The fourth-order valence-electron chi connectivity index (χ4n) is 3.18. The number of aryl methyl sites for hydroxylation is 1. The van der Waals surface area contributed by atoms with Crippen LogP contribution in [0.25, 0.3) is 0 Å². The Bertz CT molecular complexity index is 776. The van der Waals surface area contributed by atoms with Crippen LogP contribution in [0.2, 0.25) is 5.02 Å². The summed E-state index contributed by atoms with van der Waals surface area (Å²) in [5.41, 5.74) is 3.16. The van der Waals surface area contributed by atoms with Crippen LogP contribution in [0.5, 0.6) is 5.75 Å².